The Balaban J connectivity index is 2.50. The van der Waals surface area contributed by atoms with E-state index >= 15 is 0 Å². The summed E-state index contributed by atoms with van der Waals surface area (Å²) in [5.41, 5.74) is 0.0597. The highest BCUT2D eigenvalue weighted by atomic mass is 16.5. The third-order valence-corrected chi connectivity index (χ3v) is 4.61. The summed E-state index contributed by atoms with van der Waals surface area (Å²) < 4.78 is 10.8. The first-order valence-electron chi connectivity index (χ1n) is 7.47. The number of ether oxygens (including phenoxy) is 2. The summed E-state index contributed by atoms with van der Waals surface area (Å²) in [6, 6.07) is 5.69. The Labute approximate surface area is 121 Å². The zero-order valence-corrected chi connectivity index (χ0v) is 13.0. The first-order valence-corrected chi connectivity index (χ1v) is 7.47. The van der Waals surface area contributed by atoms with Gasteiger partial charge in [-0.25, -0.2) is 0 Å². The SMILES string of the molecule is COc1ccc(OC)c(C2(O)CCCCC2C(C)C)c1. The van der Waals surface area contributed by atoms with Crippen molar-refractivity contribution in [3.63, 3.8) is 0 Å². The van der Waals surface area contributed by atoms with Gasteiger partial charge in [-0.05, 0) is 42.9 Å². The molecule has 0 heterocycles. The van der Waals surface area contributed by atoms with E-state index in [1.807, 2.05) is 18.2 Å². The Hall–Kier alpha value is -1.22. The van der Waals surface area contributed by atoms with Gasteiger partial charge in [-0.2, -0.15) is 0 Å². The van der Waals surface area contributed by atoms with Crippen molar-refractivity contribution in [3.05, 3.63) is 23.8 Å². The monoisotopic (exact) mass is 278 g/mol. The molecule has 20 heavy (non-hydrogen) atoms. The quantitative estimate of drug-likeness (QED) is 0.912. The molecule has 3 heteroatoms. The Bertz CT molecular complexity index is 456. The fraction of sp³-hybridized carbons (Fsp3) is 0.647. The van der Waals surface area contributed by atoms with Crippen LogP contribution in [0, 0.1) is 11.8 Å². The lowest BCUT2D eigenvalue weighted by Crippen LogP contribution is -2.41. The van der Waals surface area contributed by atoms with Crippen LogP contribution < -0.4 is 9.47 Å². The maximum absolute atomic E-state index is 11.4. The minimum atomic E-state index is -0.813. The molecular formula is C17H26O3. The summed E-state index contributed by atoms with van der Waals surface area (Å²) in [5, 5.41) is 11.4. The standard InChI is InChI=1S/C17H26O3/c1-12(2)14-7-5-6-10-17(14,18)15-11-13(19-3)8-9-16(15)20-4/h8-9,11-12,14,18H,5-7,10H2,1-4H3. The average molecular weight is 278 g/mol. The van der Waals surface area contributed by atoms with Gasteiger partial charge in [0.15, 0.2) is 0 Å². The number of aliphatic hydroxyl groups is 1. The zero-order chi connectivity index (χ0) is 14.8. The summed E-state index contributed by atoms with van der Waals surface area (Å²) >= 11 is 0. The van der Waals surface area contributed by atoms with E-state index in [1.54, 1.807) is 14.2 Å². The van der Waals surface area contributed by atoms with Crippen LogP contribution in [0.2, 0.25) is 0 Å². The molecule has 1 aromatic rings. The highest BCUT2D eigenvalue weighted by Gasteiger charge is 2.43. The number of methoxy groups -OCH3 is 2. The molecule has 0 saturated heterocycles. The Morgan fingerprint density at radius 3 is 2.55 bits per heavy atom. The topological polar surface area (TPSA) is 38.7 Å². The summed E-state index contributed by atoms with van der Waals surface area (Å²) in [4.78, 5) is 0. The van der Waals surface area contributed by atoms with Crippen LogP contribution in [0.4, 0.5) is 0 Å². The van der Waals surface area contributed by atoms with Gasteiger partial charge in [-0.1, -0.05) is 26.7 Å². The van der Waals surface area contributed by atoms with Crippen molar-refractivity contribution in [3.8, 4) is 11.5 Å². The van der Waals surface area contributed by atoms with Crippen LogP contribution in [0.25, 0.3) is 0 Å². The molecule has 0 spiro atoms. The molecule has 1 N–H and O–H groups in total. The lowest BCUT2D eigenvalue weighted by molar-refractivity contribution is -0.0735. The zero-order valence-electron chi connectivity index (χ0n) is 13.0. The van der Waals surface area contributed by atoms with Gasteiger partial charge in [0.1, 0.15) is 11.5 Å². The summed E-state index contributed by atoms with van der Waals surface area (Å²) in [6.45, 7) is 4.38. The van der Waals surface area contributed by atoms with Gasteiger partial charge >= 0.3 is 0 Å². The van der Waals surface area contributed by atoms with Crippen molar-refractivity contribution in [2.45, 2.75) is 45.1 Å². The van der Waals surface area contributed by atoms with Gasteiger partial charge < -0.3 is 14.6 Å². The number of benzene rings is 1. The third kappa shape index (κ3) is 2.64. The Morgan fingerprint density at radius 2 is 1.95 bits per heavy atom. The second-order valence-electron chi connectivity index (χ2n) is 6.09. The molecule has 112 valence electrons. The van der Waals surface area contributed by atoms with Gasteiger partial charge in [0.05, 0.1) is 19.8 Å². The van der Waals surface area contributed by atoms with Crippen molar-refractivity contribution < 1.29 is 14.6 Å². The molecule has 1 fully saturated rings. The van der Waals surface area contributed by atoms with E-state index in [-0.39, 0.29) is 5.92 Å². The smallest absolute Gasteiger partial charge is 0.125 e. The number of rotatable bonds is 4. The first kappa shape index (κ1) is 15.2. The average Bonchev–Trinajstić information content (AvgIpc) is 2.46. The molecule has 0 aromatic heterocycles. The second-order valence-corrected chi connectivity index (χ2v) is 6.09. The van der Waals surface area contributed by atoms with E-state index < -0.39 is 5.60 Å². The molecular weight excluding hydrogens is 252 g/mol. The summed E-state index contributed by atoms with van der Waals surface area (Å²) in [5.74, 6) is 2.22. The van der Waals surface area contributed by atoms with Crippen molar-refractivity contribution in [1.29, 1.82) is 0 Å². The van der Waals surface area contributed by atoms with Gasteiger partial charge in [-0.15, -0.1) is 0 Å². The predicted molar refractivity (Wildman–Crippen MR) is 80.2 cm³/mol. The van der Waals surface area contributed by atoms with E-state index in [9.17, 15) is 5.11 Å². The molecule has 0 radical (unpaired) electrons. The van der Waals surface area contributed by atoms with Gasteiger partial charge in [-0.3, -0.25) is 0 Å². The minimum Gasteiger partial charge on any atom is -0.497 e. The Morgan fingerprint density at radius 1 is 1.20 bits per heavy atom. The molecule has 2 rings (SSSR count). The van der Waals surface area contributed by atoms with Crippen LogP contribution in [0.5, 0.6) is 11.5 Å². The largest absolute Gasteiger partial charge is 0.497 e. The molecule has 1 aliphatic rings. The van der Waals surface area contributed by atoms with Crippen LogP contribution in [-0.2, 0) is 5.60 Å². The van der Waals surface area contributed by atoms with Crippen molar-refractivity contribution in [2.24, 2.45) is 11.8 Å². The van der Waals surface area contributed by atoms with Gasteiger partial charge in [0, 0.05) is 5.56 Å². The second kappa shape index (κ2) is 6.04. The van der Waals surface area contributed by atoms with Crippen LogP contribution in [0.1, 0.15) is 45.1 Å². The van der Waals surface area contributed by atoms with Crippen LogP contribution in [-0.4, -0.2) is 19.3 Å². The van der Waals surface area contributed by atoms with Crippen LogP contribution >= 0.6 is 0 Å². The number of hydrogen-bond donors (Lipinski definition) is 1. The highest BCUT2D eigenvalue weighted by Crippen LogP contribution is 2.48. The molecule has 1 aromatic carbocycles. The molecule has 1 saturated carbocycles. The molecule has 2 unspecified atom stereocenters. The van der Waals surface area contributed by atoms with Crippen molar-refractivity contribution in [2.75, 3.05) is 14.2 Å². The molecule has 1 aliphatic carbocycles. The van der Waals surface area contributed by atoms with Crippen LogP contribution in [0.3, 0.4) is 0 Å². The lowest BCUT2D eigenvalue weighted by atomic mass is 9.67. The fourth-order valence-electron chi connectivity index (χ4n) is 3.55. The van der Waals surface area contributed by atoms with E-state index in [0.29, 0.717) is 5.92 Å². The van der Waals surface area contributed by atoms with Crippen molar-refractivity contribution >= 4 is 0 Å². The summed E-state index contributed by atoms with van der Waals surface area (Å²) in [6.07, 6.45) is 4.10. The van der Waals surface area contributed by atoms with Gasteiger partial charge in [0.2, 0.25) is 0 Å². The lowest BCUT2D eigenvalue weighted by Gasteiger charge is -2.43. The molecule has 3 nitrogen and oxygen atoms in total. The third-order valence-electron chi connectivity index (χ3n) is 4.61. The Kier molecular flexibility index (Phi) is 4.59. The van der Waals surface area contributed by atoms with E-state index in [2.05, 4.69) is 13.8 Å². The first-order chi connectivity index (χ1) is 9.52. The van der Waals surface area contributed by atoms with E-state index in [4.69, 9.17) is 9.47 Å². The predicted octanol–water partition coefficient (Wildman–Crippen LogP) is 3.74. The molecule has 2 atom stereocenters. The maximum atomic E-state index is 11.4. The van der Waals surface area contributed by atoms with Crippen LogP contribution in [0.15, 0.2) is 18.2 Å². The normalized spacial score (nSPS) is 26.6. The minimum absolute atomic E-state index is 0.261. The fourth-order valence-corrected chi connectivity index (χ4v) is 3.55. The molecule has 0 aliphatic heterocycles. The molecule has 0 amide bonds. The highest BCUT2D eigenvalue weighted by molar-refractivity contribution is 5.44. The molecule has 0 bridgehead atoms. The van der Waals surface area contributed by atoms with Gasteiger partial charge in [0.25, 0.3) is 0 Å². The van der Waals surface area contributed by atoms with E-state index in [1.165, 1.54) is 6.42 Å². The maximum Gasteiger partial charge on any atom is 0.125 e. The van der Waals surface area contributed by atoms with E-state index in [0.717, 1.165) is 36.3 Å². The number of hydrogen-bond acceptors (Lipinski definition) is 3. The van der Waals surface area contributed by atoms with Crippen molar-refractivity contribution in [1.82, 2.24) is 0 Å². The summed E-state index contributed by atoms with van der Waals surface area (Å²) in [7, 11) is 3.30.